The minimum absolute atomic E-state index is 0.164. The predicted molar refractivity (Wildman–Crippen MR) is 47.0 cm³/mol. The Morgan fingerprint density at radius 1 is 1.77 bits per heavy atom. The molecule has 2 atom stereocenters. The summed E-state index contributed by atoms with van der Waals surface area (Å²) in [7, 11) is 1.79. The summed E-state index contributed by atoms with van der Waals surface area (Å²) in [5, 5.41) is 20.7. The maximum Gasteiger partial charge on any atom is 0.112 e. The molecule has 0 saturated carbocycles. The van der Waals surface area contributed by atoms with Crippen molar-refractivity contribution in [1.82, 2.24) is 20.3 Å². The number of aryl methyl sites for hydroxylation is 1. The molecule has 5 nitrogen and oxygen atoms in total. The van der Waals surface area contributed by atoms with E-state index in [9.17, 15) is 5.11 Å². The van der Waals surface area contributed by atoms with Gasteiger partial charge in [0.05, 0.1) is 11.9 Å². The molecule has 0 radical (unpaired) electrons. The standard InChI is InChI=1S/C8H14N4O/c1-12-7(5-10-11-12)8(13)6-3-2-4-9-6/h5-6,8-9,13H,2-4H2,1H3. The predicted octanol–water partition coefficient (Wildman–Crippen LogP) is -0.399. The van der Waals surface area contributed by atoms with Gasteiger partial charge >= 0.3 is 0 Å². The monoisotopic (exact) mass is 182 g/mol. The van der Waals surface area contributed by atoms with Crippen LogP contribution in [0.5, 0.6) is 0 Å². The molecular formula is C8H14N4O. The van der Waals surface area contributed by atoms with Crippen molar-refractivity contribution in [3.05, 3.63) is 11.9 Å². The molecule has 0 aromatic carbocycles. The minimum atomic E-state index is -0.484. The number of aromatic nitrogens is 3. The topological polar surface area (TPSA) is 63.0 Å². The van der Waals surface area contributed by atoms with Gasteiger partial charge in [0.2, 0.25) is 0 Å². The first-order valence-corrected chi connectivity index (χ1v) is 4.55. The Hall–Kier alpha value is -0.940. The Morgan fingerprint density at radius 3 is 3.15 bits per heavy atom. The smallest absolute Gasteiger partial charge is 0.112 e. The van der Waals surface area contributed by atoms with Crippen LogP contribution in [0.25, 0.3) is 0 Å². The van der Waals surface area contributed by atoms with E-state index in [0.717, 1.165) is 25.1 Å². The number of aliphatic hydroxyl groups is 1. The van der Waals surface area contributed by atoms with Gasteiger partial charge < -0.3 is 10.4 Å². The molecule has 1 aliphatic rings. The van der Waals surface area contributed by atoms with Crippen LogP contribution < -0.4 is 5.32 Å². The Bertz CT molecular complexity index is 279. The highest BCUT2D eigenvalue weighted by molar-refractivity contribution is 5.03. The molecular weight excluding hydrogens is 168 g/mol. The van der Waals surface area contributed by atoms with Crippen LogP contribution in [0.3, 0.4) is 0 Å². The third-order valence-electron chi connectivity index (χ3n) is 2.53. The van der Waals surface area contributed by atoms with Crippen molar-refractivity contribution in [3.8, 4) is 0 Å². The molecule has 2 N–H and O–H groups in total. The summed E-state index contributed by atoms with van der Waals surface area (Å²) in [5.41, 5.74) is 0.777. The molecule has 13 heavy (non-hydrogen) atoms. The summed E-state index contributed by atoms with van der Waals surface area (Å²) < 4.78 is 1.62. The maximum absolute atomic E-state index is 9.93. The lowest BCUT2D eigenvalue weighted by atomic mass is 10.1. The number of hydrogen-bond donors (Lipinski definition) is 2. The Labute approximate surface area is 76.8 Å². The van der Waals surface area contributed by atoms with E-state index in [1.807, 2.05) is 0 Å². The second-order valence-electron chi connectivity index (χ2n) is 3.43. The zero-order valence-corrected chi connectivity index (χ0v) is 7.64. The summed E-state index contributed by atoms with van der Waals surface area (Å²) >= 11 is 0. The van der Waals surface area contributed by atoms with E-state index in [1.54, 1.807) is 17.9 Å². The van der Waals surface area contributed by atoms with E-state index in [2.05, 4.69) is 15.6 Å². The fourth-order valence-corrected chi connectivity index (χ4v) is 1.75. The van der Waals surface area contributed by atoms with E-state index in [-0.39, 0.29) is 6.04 Å². The van der Waals surface area contributed by atoms with Crippen LogP contribution in [-0.2, 0) is 7.05 Å². The lowest BCUT2D eigenvalue weighted by Crippen LogP contribution is -2.29. The van der Waals surface area contributed by atoms with Crippen molar-refractivity contribution in [2.75, 3.05) is 6.54 Å². The van der Waals surface area contributed by atoms with Crippen LogP contribution in [0.2, 0.25) is 0 Å². The average molecular weight is 182 g/mol. The highest BCUT2D eigenvalue weighted by Gasteiger charge is 2.26. The number of nitrogens with one attached hydrogen (secondary N) is 1. The van der Waals surface area contributed by atoms with Gasteiger partial charge in [-0.05, 0) is 19.4 Å². The summed E-state index contributed by atoms with van der Waals surface area (Å²) in [5.74, 6) is 0. The average Bonchev–Trinajstić information content (AvgIpc) is 2.72. The number of nitrogens with zero attached hydrogens (tertiary/aromatic N) is 3. The Morgan fingerprint density at radius 2 is 2.62 bits per heavy atom. The molecule has 1 aromatic rings. The summed E-state index contributed by atoms with van der Waals surface area (Å²) in [6.45, 7) is 0.993. The fraction of sp³-hybridized carbons (Fsp3) is 0.750. The van der Waals surface area contributed by atoms with Gasteiger partial charge in [-0.2, -0.15) is 0 Å². The molecule has 2 rings (SSSR count). The molecule has 0 amide bonds. The van der Waals surface area contributed by atoms with E-state index in [1.165, 1.54) is 0 Å². The van der Waals surface area contributed by atoms with Gasteiger partial charge in [0.1, 0.15) is 6.10 Å². The molecule has 5 heteroatoms. The van der Waals surface area contributed by atoms with Gasteiger partial charge in [-0.15, -0.1) is 5.10 Å². The minimum Gasteiger partial charge on any atom is -0.385 e. The van der Waals surface area contributed by atoms with Crippen LogP contribution in [-0.4, -0.2) is 32.7 Å². The van der Waals surface area contributed by atoms with Crippen LogP contribution in [0.1, 0.15) is 24.6 Å². The fourth-order valence-electron chi connectivity index (χ4n) is 1.75. The second kappa shape index (κ2) is 3.43. The largest absolute Gasteiger partial charge is 0.385 e. The molecule has 2 heterocycles. The SMILES string of the molecule is Cn1nncc1C(O)C1CCCN1. The van der Waals surface area contributed by atoms with E-state index >= 15 is 0 Å². The Balaban J connectivity index is 2.12. The lowest BCUT2D eigenvalue weighted by molar-refractivity contribution is 0.129. The first-order valence-electron chi connectivity index (χ1n) is 4.55. The normalized spacial score (nSPS) is 24.9. The molecule has 72 valence electrons. The van der Waals surface area contributed by atoms with Gasteiger partial charge in [-0.25, -0.2) is 4.68 Å². The van der Waals surface area contributed by atoms with Crippen LogP contribution in [0.15, 0.2) is 6.20 Å². The second-order valence-corrected chi connectivity index (χ2v) is 3.43. The summed E-state index contributed by atoms with van der Waals surface area (Å²) in [6, 6.07) is 0.164. The third-order valence-corrected chi connectivity index (χ3v) is 2.53. The first-order chi connectivity index (χ1) is 6.29. The zero-order valence-electron chi connectivity index (χ0n) is 7.64. The highest BCUT2D eigenvalue weighted by Crippen LogP contribution is 2.21. The molecule has 0 spiro atoms. The Kier molecular flexibility index (Phi) is 2.28. The van der Waals surface area contributed by atoms with Crippen molar-refractivity contribution in [2.24, 2.45) is 7.05 Å². The lowest BCUT2D eigenvalue weighted by Gasteiger charge is -2.17. The van der Waals surface area contributed by atoms with E-state index in [4.69, 9.17) is 0 Å². The molecule has 2 unspecified atom stereocenters. The molecule has 1 fully saturated rings. The zero-order chi connectivity index (χ0) is 9.26. The van der Waals surface area contributed by atoms with Crippen molar-refractivity contribution < 1.29 is 5.11 Å². The van der Waals surface area contributed by atoms with Crippen LogP contribution in [0, 0.1) is 0 Å². The number of hydrogen-bond acceptors (Lipinski definition) is 4. The van der Waals surface area contributed by atoms with E-state index in [0.29, 0.717) is 0 Å². The molecule has 1 aromatic heterocycles. The van der Waals surface area contributed by atoms with Crippen molar-refractivity contribution in [1.29, 1.82) is 0 Å². The number of rotatable bonds is 2. The van der Waals surface area contributed by atoms with Crippen molar-refractivity contribution in [2.45, 2.75) is 25.0 Å². The van der Waals surface area contributed by atoms with Crippen molar-refractivity contribution >= 4 is 0 Å². The third kappa shape index (κ3) is 1.57. The van der Waals surface area contributed by atoms with E-state index < -0.39 is 6.10 Å². The van der Waals surface area contributed by atoms with Crippen molar-refractivity contribution in [3.63, 3.8) is 0 Å². The van der Waals surface area contributed by atoms with Gasteiger partial charge in [0.25, 0.3) is 0 Å². The maximum atomic E-state index is 9.93. The first kappa shape index (κ1) is 8.65. The highest BCUT2D eigenvalue weighted by atomic mass is 16.3. The summed E-state index contributed by atoms with van der Waals surface area (Å²) in [4.78, 5) is 0. The molecule has 0 aliphatic carbocycles. The van der Waals surface area contributed by atoms with Crippen LogP contribution >= 0.6 is 0 Å². The van der Waals surface area contributed by atoms with Crippen LogP contribution in [0.4, 0.5) is 0 Å². The van der Waals surface area contributed by atoms with Gasteiger partial charge in [0, 0.05) is 13.1 Å². The quantitative estimate of drug-likeness (QED) is 0.653. The van der Waals surface area contributed by atoms with Gasteiger partial charge in [0.15, 0.2) is 0 Å². The molecule has 1 saturated heterocycles. The summed E-state index contributed by atoms with van der Waals surface area (Å²) in [6.07, 6.45) is 3.28. The van der Waals surface area contributed by atoms with Gasteiger partial charge in [-0.1, -0.05) is 5.21 Å². The molecule has 0 bridgehead atoms. The number of aliphatic hydroxyl groups excluding tert-OH is 1. The van der Waals surface area contributed by atoms with Gasteiger partial charge in [-0.3, -0.25) is 0 Å². The molecule has 1 aliphatic heterocycles.